The summed E-state index contributed by atoms with van der Waals surface area (Å²) in [6.07, 6.45) is 0. The molecule has 20 heavy (non-hydrogen) atoms. The summed E-state index contributed by atoms with van der Waals surface area (Å²) in [4.78, 5) is 0.973. The number of hydrogen-bond acceptors (Lipinski definition) is 4. The van der Waals surface area contributed by atoms with Gasteiger partial charge in [-0.1, -0.05) is 6.07 Å². The summed E-state index contributed by atoms with van der Waals surface area (Å²) in [7, 11) is 1.43. The molecule has 0 amide bonds. The van der Waals surface area contributed by atoms with Crippen LogP contribution in [0.15, 0.2) is 35.7 Å². The van der Waals surface area contributed by atoms with Crippen molar-refractivity contribution in [3.05, 3.63) is 46.3 Å². The van der Waals surface area contributed by atoms with Gasteiger partial charge in [0.2, 0.25) is 0 Å². The second kappa shape index (κ2) is 5.18. The molecule has 1 N–H and O–H groups in total. The molecule has 2 heterocycles. The number of aromatic amines is 1. The topological polar surface area (TPSA) is 42.8 Å². The van der Waals surface area contributed by atoms with Gasteiger partial charge in [0.15, 0.2) is 22.2 Å². The average Bonchev–Trinajstić information content (AvgIpc) is 3.08. The van der Waals surface area contributed by atoms with Crippen molar-refractivity contribution < 1.29 is 9.13 Å². The van der Waals surface area contributed by atoms with Gasteiger partial charge in [-0.05, 0) is 35.8 Å². The van der Waals surface area contributed by atoms with Crippen LogP contribution in [-0.4, -0.2) is 21.9 Å². The highest BCUT2D eigenvalue weighted by Gasteiger charge is 2.13. The number of ether oxygens (including phenoxy) is 1. The minimum atomic E-state index is -0.413. The molecule has 2 aromatic heterocycles. The van der Waals surface area contributed by atoms with Crippen LogP contribution in [0.1, 0.15) is 0 Å². The van der Waals surface area contributed by atoms with Crippen molar-refractivity contribution in [1.29, 1.82) is 0 Å². The Morgan fingerprint density at radius 2 is 2.25 bits per heavy atom. The Morgan fingerprint density at radius 1 is 1.40 bits per heavy atom. The molecule has 102 valence electrons. The number of H-pyrrole nitrogens is 1. The normalized spacial score (nSPS) is 10.7. The van der Waals surface area contributed by atoms with Crippen LogP contribution in [0.2, 0.25) is 0 Å². The molecule has 0 aliphatic rings. The minimum Gasteiger partial charge on any atom is -0.494 e. The van der Waals surface area contributed by atoms with Gasteiger partial charge in [0.05, 0.1) is 17.7 Å². The first-order valence-corrected chi connectivity index (χ1v) is 7.04. The number of aromatic nitrogens is 3. The van der Waals surface area contributed by atoms with Crippen molar-refractivity contribution in [2.75, 3.05) is 7.11 Å². The van der Waals surface area contributed by atoms with E-state index in [1.54, 1.807) is 28.0 Å². The lowest BCUT2D eigenvalue weighted by atomic mass is 10.2. The lowest BCUT2D eigenvalue weighted by Crippen LogP contribution is -1.98. The lowest BCUT2D eigenvalue weighted by molar-refractivity contribution is 0.386. The summed E-state index contributed by atoms with van der Waals surface area (Å²) < 4.78 is 20.7. The summed E-state index contributed by atoms with van der Waals surface area (Å²) in [6.45, 7) is 0. The fourth-order valence-electron chi connectivity index (χ4n) is 1.90. The predicted octanol–water partition coefficient (Wildman–Crippen LogP) is 3.81. The number of hydrogen-bond donors (Lipinski definition) is 1. The van der Waals surface area contributed by atoms with Crippen molar-refractivity contribution in [1.82, 2.24) is 14.8 Å². The number of methoxy groups -OCH3 is 1. The van der Waals surface area contributed by atoms with Gasteiger partial charge in [-0.2, -0.15) is 5.10 Å². The highest BCUT2D eigenvalue weighted by atomic mass is 32.1. The quantitative estimate of drug-likeness (QED) is 0.748. The highest BCUT2D eigenvalue weighted by Crippen LogP contribution is 2.28. The van der Waals surface area contributed by atoms with Crippen molar-refractivity contribution in [2.24, 2.45) is 0 Å². The zero-order valence-electron chi connectivity index (χ0n) is 10.5. The van der Waals surface area contributed by atoms with Crippen LogP contribution in [0.25, 0.3) is 16.4 Å². The predicted molar refractivity (Wildman–Crippen MR) is 78.6 cm³/mol. The van der Waals surface area contributed by atoms with E-state index in [0.717, 1.165) is 4.88 Å². The molecule has 0 unspecified atom stereocenters. The molecule has 0 fully saturated rings. The molecule has 1 aromatic carbocycles. The number of nitrogens with zero attached hydrogens (tertiary/aromatic N) is 2. The van der Waals surface area contributed by atoms with Crippen molar-refractivity contribution in [3.63, 3.8) is 0 Å². The Labute approximate surface area is 123 Å². The number of halogens is 1. The Kier molecular flexibility index (Phi) is 3.37. The Morgan fingerprint density at radius 3 is 2.95 bits per heavy atom. The highest BCUT2D eigenvalue weighted by molar-refractivity contribution is 7.71. The first-order chi connectivity index (χ1) is 9.70. The van der Waals surface area contributed by atoms with E-state index in [2.05, 4.69) is 10.2 Å². The van der Waals surface area contributed by atoms with Gasteiger partial charge in [-0.25, -0.2) is 4.39 Å². The molecule has 3 rings (SSSR count). The summed E-state index contributed by atoms with van der Waals surface area (Å²) in [5, 5.41) is 8.96. The van der Waals surface area contributed by atoms with E-state index >= 15 is 0 Å². The largest absolute Gasteiger partial charge is 0.494 e. The summed E-state index contributed by atoms with van der Waals surface area (Å²) in [5.74, 6) is 0.449. The number of benzene rings is 1. The molecule has 0 saturated heterocycles. The van der Waals surface area contributed by atoms with Crippen LogP contribution in [-0.2, 0) is 0 Å². The third-order valence-electron chi connectivity index (χ3n) is 2.81. The van der Waals surface area contributed by atoms with Crippen molar-refractivity contribution in [2.45, 2.75) is 0 Å². The SMILES string of the molecule is COc1cc(-n2c(-c3cccs3)n[nH]c2=S)ccc1F. The molecule has 4 nitrogen and oxygen atoms in total. The summed E-state index contributed by atoms with van der Waals surface area (Å²) in [6, 6.07) is 8.47. The van der Waals surface area contributed by atoms with E-state index in [9.17, 15) is 4.39 Å². The van der Waals surface area contributed by atoms with Gasteiger partial charge < -0.3 is 4.74 Å². The first-order valence-electron chi connectivity index (χ1n) is 5.76. The smallest absolute Gasteiger partial charge is 0.200 e. The number of nitrogens with one attached hydrogen (secondary N) is 1. The van der Waals surface area contributed by atoms with Crippen LogP contribution in [0, 0.1) is 10.6 Å². The molecule has 3 aromatic rings. The molecule has 0 radical (unpaired) electrons. The Bertz CT molecular complexity index is 792. The van der Waals surface area contributed by atoms with E-state index in [1.807, 2.05) is 17.5 Å². The molecule has 0 aliphatic heterocycles. The Balaban J connectivity index is 2.20. The maximum atomic E-state index is 13.5. The van der Waals surface area contributed by atoms with Gasteiger partial charge in [0, 0.05) is 6.07 Å². The molecule has 0 bridgehead atoms. The lowest BCUT2D eigenvalue weighted by Gasteiger charge is -2.08. The van der Waals surface area contributed by atoms with Crippen LogP contribution in [0.5, 0.6) is 5.75 Å². The van der Waals surface area contributed by atoms with Gasteiger partial charge in [0.25, 0.3) is 0 Å². The van der Waals surface area contributed by atoms with Crippen LogP contribution in [0.3, 0.4) is 0 Å². The van der Waals surface area contributed by atoms with Crippen molar-refractivity contribution in [3.8, 4) is 22.1 Å². The number of rotatable bonds is 3. The molecule has 7 heteroatoms. The van der Waals surface area contributed by atoms with Gasteiger partial charge >= 0.3 is 0 Å². The third kappa shape index (κ3) is 2.14. The standard InChI is InChI=1S/C13H10FN3OS2/c1-18-10-7-8(4-5-9(10)14)17-12(15-16-13(17)19)11-3-2-6-20-11/h2-7H,1H3,(H,16,19). The Hall–Kier alpha value is -1.99. The monoisotopic (exact) mass is 307 g/mol. The molecule has 0 spiro atoms. The maximum Gasteiger partial charge on any atom is 0.200 e. The average molecular weight is 307 g/mol. The van der Waals surface area contributed by atoms with Gasteiger partial charge in [-0.3, -0.25) is 9.67 Å². The van der Waals surface area contributed by atoms with Crippen molar-refractivity contribution >= 4 is 23.6 Å². The number of thiophene rings is 1. The van der Waals surface area contributed by atoms with E-state index < -0.39 is 5.82 Å². The third-order valence-corrected chi connectivity index (χ3v) is 3.95. The summed E-state index contributed by atoms with van der Waals surface area (Å²) >= 11 is 6.81. The van der Waals surface area contributed by atoms with Crippen LogP contribution < -0.4 is 4.74 Å². The van der Waals surface area contributed by atoms with Gasteiger partial charge in [0.1, 0.15) is 0 Å². The van der Waals surface area contributed by atoms with Crippen LogP contribution in [0.4, 0.5) is 4.39 Å². The fourth-order valence-corrected chi connectivity index (χ4v) is 2.84. The second-order valence-electron chi connectivity index (χ2n) is 3.98. The molecule has 0 aliphatic carbocycles. The summed E-state index contributed by atoms with van der Waals surface area (Å²) in [5.41, 5.74) is 0.699. The van der Waals surface area contributed by atoms with E-state index in [4.69, 9.17) is 17.0 Å². The zero-order valence-corrected chi connectivity index (χ0v) is 12.1. The fraction of sp³-hybridized carbons (Fsp3) is 0.0769. The minimum absolute atomic E-state index is 0.169. The zero-order chi connectivity index (χ0) is 14.1. The van der Waals surface area contributed by atoms with E-state index in [-0.39, 0.29) is 5.75 Å². The maximum absolute atomic E-state index is 13.5. The molecule has 0 saturated carbocycles. The second-order valence-corrected chi connectivity index (χ2v) is 5.32. The molecule has 0 atom stereocenters. The van der Waals surface area contributed by atoms with E-state index in [0.29, 0.717) is 16.3 Å². The first kappa shape index (κ1) is 13.0. The van der Waals surface area contributed by atoms with Gasteiger partial charge in [-0.15, -0.1) is 11.3 Å². The van der Waals surface area contributed by atoms with E-state index in [1.165, 1.54) is 13.2 Å². The molecular formula is C13H10FN3OS2. The van der Waals surface area contributed by atoms with Crippen LogP contribution >= 0.6 is 23.6 Å². The molecular weight excluding hydrogens is 297 g/mol.